The molecule has 0 aliphatic heterocycles. The van der Waals surface area contributed by atoms with Gasteiger partial charge in [0.1, 0.15) is 0 Å². The zero-order valence-corrected chi connectivity index (χ0v) is 22.5. The molecule has 0 aromatic rings. The number of rotatable bonds is 10. The summed E-state index contributed by atoms with van der Waals surface area (Å²) in [5.74, 6) is -3.24. The zero-order valence-electron chi connectivity index (χ0n) is 22.5. The second kappa shape index (κ2) is 16.5. The highest BCUT2D eigenvalue weighted by Gasteiger charge is 2.16. The van der Waals surface area contributed by atoms with Crippen LogP contribution in [0.5, 0.6) is 0 Å². The van der Waals surface area contributed by atoms with Crippen LogP contribution in [0.25, 0.3) is 0 Å². The third kappa shape index (κ3) is 21.1. The molecule has 0 spiro atoms. The third-order valence-corrected chi connectivity index (χ3v) is 4.30. The lowest BCUT2D eigenvalue weighted by Gasteiger charge is -2.17. The normalized spacial score (nSPS) is 12.0. The van der Waals surface area contributed by atoms with Gasteiger partial charge < -0.3 is 25.2 Å². The minimum atomic E-state index is -1.20. The average Bonchev–Trinajstić information content (AvgIpc) is 2.70. The second-order valence-electron chi connectivity index (χ2n) is 10.3. The van der Waals surface area contributed by atoms with Crippen LogP contribution in [0.15, 0.2) is 23.3 Å². The fourth-order valence-electron chi connectivity index (χ4n) is 2.27. The van der Waals surface area contributed by atoms with Crippen LogP contribution in [0.1, 0.15) is 67.7 Å². The van der Waals surface area contributed by atoms with E-state index < -0.39 is 30.2 Å². The Balaban J connectivity index is 0. The van der Waals surface area contributed by atoms with Crippen LogP contribution < -0.4 is 10.6 Å². The van der Waals surface area contributed by atoms with Crippen LogP contribution in [-0.2, 0) is 33.4 Å². The van der Waals surface area contributed by atoms with Gasteiger partial charge in [0.2, 0.25) is 11.8 Å². The number of carbonyl (C=O) groups is 5. The first-order valence-electron chi connectivity index (χ1n) is 11.2. The highest BCUT2D eigenvalue weighted by molar-refractivity contribution is 6.01. The van der Waals surface area contributed by atoms with Crippen LogP contribution in [0, 0.1) is 10.8 Å². The topological polar surface area (TPSA) is 148 Å². The van der Waals surface area contributed by atoms with Gasteiger partial charge in [0, 0.05) is 30.8 Å². The quantitative estimate of drug-likeness (QED) is 0.308. The van der Waals surface area contributed by atoms with Crippen molar-refractivity contribution >= 4 is 29.7 Å². The summed E-state index contributed by atoms with van der Waals surface area (Å²) in [5.41, 5.74) is 0.400. The van der Waals surface area contributed by atoms with Crippen LogP contribution in [-0.4, -0.2) is 62.1 Å². The molecule has 200 valence electrons. The maximum absolute atomic E-state index is 11.6. The van der Waals surface area contributed by atoms with Gasteiger partial charge >= 0.3 is 17.9 Å². The van der Waals surface area contributed by atoms with E-state index in [1.54, 1.807) is 6.92 Å². The molecule has 10 heteroatoms. The van der Waals surface area contributed by atoms with E-state index in [0.717, 1.165) is 26.0 Å². The number of carbonyl (C=O) groups excluding carboxylic acids is 4. The Morgan fingerprint density at radius 1 is 0.743 bits per heavy atom. The highest BCUT2D eigenvalue weighted by atomic mass is 16.5. The smallest absolute Gasteiger partial charge is 0.334 e. The Kier molecular flexibility index (Phi) is 16.0. The molecule has 35 heavy (non-hydrogen) atoms. The van der Waals surface area contributed by atoms with Gasteiger partial charge in [0.25, 0.3) is 0 Å². The van der Waals surface area contributed by atoms with Crippen molar-refractivity contribution in [3.05, 3.63) is 23.3 Å². The Bertz CT molecular complexity index is 799. The van der Waals surface area contributed by atoms with E-state index in [4.69, 9.17) is 5.11 Å². The number of aliphatic carboxylic acids is 1. The minimum Gasteiger partial charge on any atom is -0.481 e. The molecule has 0 saturated carbocycles. The molecule has 3 N–H and O–H groups in total. The lowest BCUT2D eigenvalue weighted by Crippen LogP contribution is -2.26. The van der Waals surface area contributed by atoms with Gasteiger partial charge in [-0.15, -0.1) is 0 Å². The first-order valence-corrected chi connectivity index (χ1v) is 11.2. The van der Waals surface area contributed by atoms with E-state index in [-0.39, 0.29) is 22.3 Å². The summed E-state index contributed by atoms with van der Waals surface area (Å²) < 4.78 is 8.91. The maximum Gasteiger partial charge on any atom is 0.334 e. The van der Waals surface area contributed by atoms with Crippen molar-refractivity contribution in [3.63, 3.8) is 0 Å². The van der Waals surface area contributed by atoms with Gasteiger partial charge in [0.15, 0.2) is 0 Å². The van der Waals surface area contributed by atoms with Gasteiger partial charge in [0.05, 0.1) is 26.2 Å². The van der Waals surface area contributed by atoms with Gasteiger partial charge in [-0.3, -0.25) is 14.4 Å². The number of hydrogen-bond donors (Lipinski definition) is 3. The highest BCUT2D eigenvalue weighted by Crippen LogP contribution is 2.17. The Morgan fingerprint density at radius 3 is 1.49 bits per heavy atom. The molecule has 10 nitrogen and oxygen atoms in total. The van der Waals surface area contributed by atoms with E-state index in [0.29, 0.717) is 18.7 Å². The summed E-state index contributed by atoms with van der Waals surface area (Å²) in [6.07, 6.45) is 3.36. The van der Waals surface area contributed by atoms with Crippen molar-refractivity contribution < 1.29 is 38.6 Å². The van der Waals surface area contributed by atoms with Crippen LogP contribution in [0.4, 0.5) is 0 Å². The molecule has 0 unspecified atom stereocenters. The molecular formula is C25H42N2O8. The minimum absolute atomic E-state index is 0.0865. The zero-order chi connectivity index (χ0) is 27.8. The molecule has 0 atom stereocenters. The van der Waals surface area contributed by atoms with E-state index in [1.165, 1.54) is 13.2 Å². The monoisotopic (exact) mass is 498 g/mol. The summed E-state index contributed by atoms with van der Waals surface area (Å²) in [6, 6.07) is 0. The van der Waals surface area contributed by atoms with Crippen molar-refractivity contribution in [2.45, 2.75) is 67.7 Å². The number of esters is 2. The number of methoxy groups -OCH3 is 2. The third-order valence-electron chi connectivity index (χ3n) is 4.30. The van der Waals surface area contributed by atoms with Crippen LogP contribution in [0.2, 0.25) is 0 Å². The van der Waals surface area contributed by atoms with Crippen molar-refractivity contribution in [2.75, 3.05) is 27.3 Å². The number of carboxylic acids is 1. The van der Waals surface area contributed by atoms with Crippen LogP contribution in [0.3, 0.4) is 0 Å². The lowest BCUT2D eigenvalue weighted by atomic mass is 9.92. The molecule has 0 aliphatic carbocycles. The maximum atomic E-state index is 11.6. The summed E-state index contributed by atoms with van der Waals surface area (Å²) in [4.78, 5) is 55.8. The molecular weight excluding hydrogens is 456 g/mol. The fourth-order valence-corrected chi connectivity index (χ4v) is 2.27. The average molecular weight is 499 g/mol. The predicted molar refractivity (Wildman–Crippen MR) is 132 cm³/mol. The molecule has 0 aromatic heterocycles. The van der Waals surface area contributed by atoms with Crippen LogP contribution >= 0.6 is 0 Å². The SMILES string of the molecule is COC(=O)/C(=C\C(=O)NCCC(C)(C)C)CC(=O)O.COC(=O)/C(C)=C\C(=O)NCCC(C)(C)C. The first-order chi connectivity index (χ1) is 15.9. The lowest BCUT2D eigenvalue weighted by molar-refractivity contribution is -0.141. The second-order valence-corrected chi connectivity index (χ2v) is 10.3. The standard InChI is InChI=1S/C13H21NO5.C12H21NO3/c1-13(2,3)5-6-14-10(15)7-9(8-11(16)17)12(18)19-4;1-9(11(15)16-5)8-10(14)13-7-6-12(2,3)4/h7H,5-6,8H2,1-4H3,(H,14,15)(H,16,17);8H,6-7H2,1-5H3,(H,13,14)/b9-7-;9-8-. The number of amides is 2. The molecule has 0 radical (unpaired) electrons. The number of nitrogens with one attached hydrogen (secondary N) is 2. The predicted octanol–water partition coefficient (Wildman–Crippen LogP) is 2.77. The van der Waals surface area contributed by atoms with Gasteiger partial charge in [-0.05, 0) is 30.6 Å². The molecule has 0 aromatic carbocycles. The van der Waals surface area contributed by atoms with Gasteiger partial charge in [-0.2, -0.15) is 0 Å². The van der Waals surface area contributed by atoms with E-state index >= 15 is 0 Å². The number of hydrogen-bond acceptors (Lipinski definition) is 7. The summed E-state index contributed by atoms with van der Waals surface area (Å²) in [7, 11) is 2.42. The van der Waals surface area contributed by atoms with Gasteiger partial charge in [-0.25, -0.2) is 9.59 Å². The molecule has 0 saturated heterocycles. The first kappa shape index (κ1) is 34.0. The fraction of sp³-hybridized carbons (Fsp3) is 0.640. The van der Waals surface area contributed by atoms with Crippen molar-refractivity contribution in [1.82, 2.24) is 10.6 Å². The van der Waals surface area contributed by atoms with Gasteiger partial charge in [-0.1, -0.05) is 41.5 Å². The molecule has 0 aliphatic rings. The largest absolute Gasteiger partial charge is 0.481 e. The summed E-state index contributed by atoms with van der Waals surface area (Å²) in [6.45, 7) is 15.1. The van der Waals surface area contributed by atoms with E-state index in [2.05, 4.69) is 40.9 Å². The molecule has 2 amide bonds. The Morgan fingerprint density at radius 2 is 1.14 bits per heavy atom. The molecule has 0 heterocycles. The Labute approximate surface area is 208 Å². The van der Waals surface area contributed by atoms with Crippen molar-refractivity contribution in [3.8, 4) is 0 Å². The molecule has 0 bridgehead atoms. The molecule has 0 rings (SSSR count). The van der Waals surface area contributed by atoms with Crippen molar-refractivity contribution in [2.24, 2.45) is 10.8 Å². The molecule has 0 fully saturated rings. The Hall–Kier alpha value is -3.17. The number of carboxylic acid groups (broad SMARTS) is 1. The van der Waals surface area contributed by atoms with E-state index in [1.807, 2.05) is 20.8 Å². The summed E-state index contributed by atoms with van der Waals surface area (Å²) >= 11 is 0. The van der Waals surface area contributed by atoms with Crippen molar-refractivity contribution in [1.29, 1.82) is 0 Å². The summed E-state index contributed by atoms with van der Waals surface area (Å²) in [5, 5.41) is 14.0. The number of ether oxygens (including phenoxy) is 2. The van der Waals surface area contributed by atoms with E-state index in [9.17, 15) is 24.0 Å².